The minimum Gasteiger partial charge on any atom is -0.461 e. The van der Waals surface area contributed by atoms with E-state index >= 15 is 0 Å². The average Bonchev–Trinajstić information content (AvgIpc) is 2.94. The van der Waals surface area contributed by atoms with E-state index in [1.54, 1.807) is 33.8 Å². The van der Waals surface area contributed by atoms with E-state index < -0.39 is 24.1 Å². The van der Waals surface area contributed by atoms with Gasteiger partial charge in [-0.25, -0.2) is 4.79 Å². The monoisotopic (exact) mass is 420 g/mol. The highest BCUT2D eigenvalue weighted by Gasteiger charge is 2.39. The summed E-state index contributed by atoms with van der Waals surface area (Å²) in [6.45, 7) is 10.9. The van der Waals surface area contributed by atoms with Gasteiger partial charge in [0.1, 0.15) is 19.3 Å². The molecule has 0 saturated carbocycles. The second kappa shape index (κ2) is 10.6. The SMILES string of the molecule is C=C1C(=O)O[C@@H]2/C=C(/COC(=O)C(C)C)CC/C=C(/COC(=O)C(C)C)[C@@H](O)C[C@@H]12. The van der Waals surface area contributed by atoms with Gasteiger partial charge in [0.15, 0.2) is 0 Å². The molecule has 1 aliphatic heterocycles. The lowest BCUT2D eigenvalue weighted by Gasteiger charge is -2.23. The van der Waals surface area contributed by atoms with E-state index in [1.165, 1.54) is 0 Å². The van der Waals surface area contributed by atoms with Crippen molar-refractivity contribution >= 4 is 17.9 Å². The van der Waals surface area contributed by atoms with Gasteiger partial charge in [-0.1, -0.05) is 40.3 Å². The van der Waals surface area contributed by atoms with Crippen molar-refractivity contribution in [3.05, 3.63) is 35.5 Å². The maximum Gasteiger partial charge on any atom is 0.334 e. The summed E-state index contributed by atoms with van der Waals surface area (Å²) in [7, 11) is 0. The van der Waals surface area contributed by atoms with Crippen LogP contribution in [0.1, 0.15) is 47.0 Å². The van der Waals surface area contributed by atoms with Crippen LogP contribution in [-0.4, -0.2) is 48.4 Å². The molecule has 1 aliphatic carbocycles. The number of hydrogen-bond acceptors (Lipinski definition) is 7. The van der Waals surface area contributed by atoms with Gasteiger partial charge in [-0.2, -0.15) is 0 Å². The third-order valence-electron chi connectivity index (χ3n) is 5.25. The quantitative estimate of drug-likeness (QED) is 0.305. The summed E-state index contributed by atoms with van der Waals surface area (Å²) in [5.74, 6) is -2.06. The molecule has 0 radical (unpaired) electrons. The van der Waals surface area contributed by atoms with E-state index in [0.29, 0.717) is 24.0 Å². The average molecular weight is 421 g/mol. The van der Waals surface area contributed by atoms with Gasteiger partial charge in [-0.15, -0.1) is 0 Å². The molecule has 0 unspecified atom stereocenters. The zero-order valence-corrected chi connectivity index (χ0v) is 18.2. The molecule has 7 heteroatoms. The molecule has 0 amide bonds. The van der Waals surface area contributed by atoms with Gasteiger partial charge >= 0.3 is 17.9 Å². The van der Waals surface area contributed by atoms with Crippen LogP contribution in [0.2, 0.25) is 0 Å². The number of rotatable bonds is 6. The molecule has 1 N–H and O–H groups in total. The van der Waals surface area contributed by atoms with Crippen LogP contribution in [0.3, 0.4) is 0 Å². The van der Waals surface area contributed by atoms with E-state index in [9.17, 15) is 19.5 Å². The molecule has 0 aromatic rings. The number of aliphatic hydroxyl groups excluding tert-OH is 1. The molecule has 30 heavy (non-hydrogen) atoms. The van der Waals surface area contributed by atoms with E-state index in [1.807, 2.05) is 6.08 Å². The highest BCUT2D eigenvalue weighted by Crippen LogP contribution is 2.34. The number of carbonyl (C=O) groups is 3. The molecule has 2 rings (SSSR count). The van der Waals surface area contributed by atoms with Crippen molar-refractivity contribution in [1.82, 2.24) is 0 Å². The second-order valence-electron chi connectivity index (χ2n) is 8.42. The van der Waals surface area contributed by atoms with Gasteiger partial charge < -0.3 is 19.3 Å². The van der Waals surface area contributed by atoms with E-state index in [-0.39, 0.29) is 43.4 Å². The number of allylic oxidation sites excluding steroid dienone is 1. The van der Waals surface area contributed by atoms with Crippen LogP contribution in [0.4, 0.5) is 0 Å². The lowest BCUT2D eigenvalue weighted by atomic mass is 9.86. The molecule has 1 heterocycles. The highest BCUT2D eigenvalue weighted by molar-refractivity contribution is 5.91. The van der Waals surface area contributed by atoms with Crippen LogP contribution in [-0.2, 0) is 28.6 Å². The Labute approximate surface area is 177 Å². The molecule has 2 aliphatic rings. The van der Waals surface area contributed by atoms with Crippen LogP contribution >= 0.6 is 0 Å². The van der Waals surface area contributed by atoms with Crippen LogP contribution in [0, 0.1) is 17.8 Å². The normalized spacial score (nSPS) is 28.2. The Morgan fingerprint density at radius 1 is 1.17 bits per heavy atom. The van der Waals surface area contributed by atoms with Crippen LogP contribution < -0.4 is 0 Å². The third kappa shape index (κ3) is 6.29. The molecule has 0 spiro atoms. The summed E-state index contributed by atoms with van der Waals surface area (Å²) >= 11 is 0. The summed E-state index contributed by atoms with van der Waals surface area (Å²) in [4.78, 5) is 35.8. The predicted octanol–water partition coefficient (Wildman–Crippen LogP) is 2.88. The molecular weight excluding hydrogens is 388 g/mol. The van der Waals surface area contributed by atoms with Gasteiger partial charge in [0.2, 0.25) is 0 Å². The van der Waals surface area contributed by atoms with Crippen LogP contribution in [0.15, 0.2) is 35.5 Å². The lowest BCUT2D eigenvalue weighted by molar-refractivity contribution is -0.147. The van der Waals surface area contributed by atoms with Crippen molar-refractivity contribution in [3.63, 3.8) is 0 Å². The molecule has 1 saturated heterocycles. The molecule has 0 bridgehead atoms. The van der Waals surface area contributed by atoms with Crippen molar-refractivity contribution in [1.29, 1.82) is 0 Å². The third-order valence-corrected chi connectivity index (χ3v) is 5.25. The lowest BCUT2D eigenvalue weighted by Crippen LogP contribution is -2.26. The second-order valence-corrected chi connectivity index (χ2v) is 8.42. The first kappa shape index (κ1) is 23.9. The summed E-state index contributed by atoms with van der Waals surface area (Å²) in [6, 6.07) is 0. The standard InChI is InChI=1S/C23H32O7/c1-13(2)21(25)28-11-16-7-6-8-17(12-29-22(26)14(3)4)19(24)10-18-15(5)23(27)30-20(18)9-16/h8-9,13-14,18-20,24H,5-7,10-12H2,1-4H3/b16-9+,17-8-/t18-,19-,20+/m0/s1. The Bertz CT molecular complexity index is 745. The van der Waals surface area contributed by atoms with Crippen molar-refractivity contribution < 1.29 is 33.7 Å². The van der Waals surface area contributed by atoms with Crippen LogP contribution in [0.5, 0.6) is 0 Å². The Morgan fingerprint density at radius 2 is 1.77 bits per heavy atom. The van der Waals surface area contributed by atoms with Gasteiger partial charge in [-0.05, 0) is 36.5 Å². The Hall–Kier alpha value is -2.41. The Morgan fingerprint density at radius 3 is 2.37 bits per heavy atom. The molecule has 1 fully saturated rings. The first-order valence-electron chi connectivity index (χ1n) is 10.4. The summed E-state index contributed by atoms with van der Waals surface area (Å²) in [5, 5.41) is 10.7. The Balaban J connectivity index is 2.21. The first-order valence-corrected chi connectivity index (χ1v) is 10.4. The van der Waals surface area contributed by atoms with Crippen molar-refractivity contribution in [2.45, 2.75) is 59.2 Å². The zero-order chi connectivity index (χ0) is 22.4. The number of esters is 3. The molecule has 7 nitrogen and oxygen atoms in total. The molecule has 166 valence electrons. The summed E-state index contributed by atoms with van der Waals surface area (Å²) < 4.78 is 16.1. The predicted molar refractivity (Wildman–Crippen MR) is 110 cm³/mol. The molecule has 0 aromatic heterocycles. The van der Waals surface area contributed by atoms with Crippen molar-refractivity contribution in [2.24, 2.45) is 17.8 Å². The fourth-order valence-electron chi connectivity index (χ4n) is 3.27. The topological polar surface area (TPSA) is 99.1 Å². The first-order chi connectivity index (χ1) is 14.1. The zero-order valence-electron chi connectivity index (χ0n) is 18.2. The maximum atomic E-state index is 12.1. The van der Waals surface area contributed by atoms with Crippen LogP contribution in [0.25, 0.3) is 0 Å². The maximum absolute atomic E-state index is 12.1. The number of aliphatic hydroxyl groups is 1. The molecular formula is C23H32O7. The molecule has 3 atom stereocenters. The number of carbonyl (C=O) groups excluding carboxylic acids is 3. The van der Waals surface area contributed by atoms with E-state index in [2.05, 4.69) is 6.58 Å². The van der Waals surface area contributed by atoms with Gasteiger partial charge in [0.25, 0.3) is 0 Å². The van der Waals surface area contributed by atoms with Gasteiger partial charge in [-0.3, -0.25) is 9.59 Å². The van der Waals surface area contributed by atoms with Gasteiger partial charge in [0, 0.05) is 11.5 Å². The van der Waals surface area contributed by atoms with E-state index in [0.717, 1.165) is 5.57 Å². The minimum atomic E-state index is -0.891. The number of fused-ring (bicyclic) bond motifs is 1. The minimum absolute atomic E-state index is 0.0156. The van der Waals surface area contributed by atoms with E-state index in [4.69, 9.17) is 14.2 Å². The number of hydrogen-bond donors (Lipinski definition) is 1. The fourth-order valence-corrected chi connectivity index (χ4v) is 3.27. The fraction of sp³-hybridized carbons (Fsp3) is 0.609. The van der Waals surface area contributed by atoms with Crippen molar-refractivity contribution in [2.75, 3.05) is 13.2 Å². The molecule has 0 aromatic carbocycles. The smallest absolute Gasteiger partial charge is 0.334 e. The van der Waals surface area contributed by atoms with Crippen molar-refractivity contribution in [3.8, 4) is 0 Å². The summed E-state index contributed by atoms with van der Waals surface area (Å²) in [6.07, 6.45) is 3.50. The number of ether oxygens (including phenoxy) is 3. The van der Waals surface area contributed by atoms with Gasteiger partial charge in [0.05, 0.1) is 17.9 Å². The highest BCUT2D eigenvalue weighted by atomic mass is 16.6. The summed E-state index contributed by atoms with van der Waals surface area (Å²) in [5.41, 5.74) is 1.70. The largest absolute Gasteiger partial charge is 0.461 e. The Kier molecular flexibility index (Phi) is 8.41.